The molecule has 0 fully saturated rings. The zero-order valence-corrected chi connectivity index (χ0v) is 11.2. The first-order valence-electron chi connectivity index (χ1n) is 5.25. The second kappa shape index (κ2) is 4.37. The molecule has 0 aliphatic heterocycles. The Morgan fingerprint density at radius 3 is 2.75 bits per heavy atom. The van der Waals surface area contributed by atoms with Gasteiger partial charge in [0.05, 0.1) is 0 Å². The minimum atomic E-state index is 0.364. The normalized spacial score (nSPS) is 11.1. The van der Waals surface area contributed by atoms with Crippen molar-refractivity contribution in [3.05, 3.63) is 34.6 Å². The van der Waals surface area contributed by atoms with E-state index in [1.165, 1.54) is 5.56 Å². The van der Waals surface area contributed by atoms with Crippen molar-refractivity contribution in [2.75, 3.05) is 0 Å². The number of benzene rings is 1. The zero-order chi connectivity index (χ0) is 11.7. The lowest BCUT2D eigenvalue weighted by Crippen LogP contribution is -2.02. The maximum absolute atomic E-state index is 4.20. The van der Waals surface area contributed by atoms with Gasteiger partial charge < -0.3 is 4.57 Å². The van der Waals surface area contributed by atoms with Crippen LogP contribution in [-0.4, -0.2) is 14.8 Å². The van der Waals surface area contributed by atoms with Crippen LogP contribution in [0.15, 0.2) is 29.0 Å². The van der Waals surface area contributed by atoms with Gasteiger partial charge in [-0.1, -0.05) is 22.0 Å². The van der Waals surface area contributed by atoms with E-state index in [9.17, 15) is 0 Å². The molecule has 3 nitrogen and oxygen atoms in total. The molecule has 0 aliphatic carbocycles. The Hall–Kier alpha value is -1.16. The Morgan fingerprint density at radius 2 is 2.06 bits per heavy atom. The van der Waals surface area contributed by atoms with Gasteiger partial charge in [-0.05, 0) is 38.5 Å². The third-order valence-corrected chi connectivity index (χ3v) is 3.06. The van der Waals surface area contributed by atoms with Crippen LogP contribution in [0.4, 0.5) is 0 Å². The quantitative estimate of drug-likeness (QED) is 0.841. The van der Waals surface area contributed by atoms with Gasteiger partial charge in [-0.3, -0.25) is 0 Å². The van der Waals surface area contributed by atoms with Gasteiger partial charge >= 0.3 is 0 Å². The molecule has 2 rings (SSSR count). The summed E-state index contributed by atoms with van der Waals surface area (Å²) in [6.07, 6.45) is 1.78. The van der Waals surface area contributed by atoms with Crippen LogP contribution in [0.25, 0.3) is 11.4 Å². The highest BCUT2D eigenvalue weighted by Crippen LogP contribution is 2.26. The molecular formula is C12H14BrN3. The van der Waals surface area contributed by atoms with Crippen LogP contribution < -0.4 is 0 Å². The fourth-order valence-corrected chi connectivity index (χ4v) is 2.01. The largest absolute Gasteiger partial charge is 0.311 e. The maximum Gasteiger partial charge on any atom is 0.164 e. The van der Waals surface area contributed by atoms with Crippen molar-refractivity contribution in [1.29, 1.82) is 0 Å². The average Bonchev–Trinajstić information content (AvgIpc) is 2.70. The standard InChI is InChI=1S/C12H14BrN3/c1-8(2)16-7-14-15-12(16)11-6-10(13)5-4-9(11)3/h4-8H,1-3H3. The summed E-state index contributed by atoms with van der Waals surface area (Å²) in [6, 6.07) is 6.56. The van der Waals surface area contributed by atoms with Crippen molar-refractivity contribution in [3.63, 3.8) is 0 Å². The number of halogens is 1. The number of hydrogen-bond acceptors (Lipinski definition) is 2. The molecule has 4 heteroatoms. The monoisotopic (exact) mass is 279 g/mol. The summed E-state index contributed by atoms with van der Waals surface area (Å²) in [6.45, 7) is 6.33. The molecule has 0 aliphatic rings. The summed E-state index contributed by atoms with van der Waals surface area (Å²) in [5.74, 6) is 0.925. The van der Waals surface area contributed by atoms with E-state index in [4.69, 9.17) is 0 Å². The molecule has 1 aromatic carbocycles. The van der Waals surface area contributed by atoms with Crippen molar-refractivity contribution < 1.29 is 0 Å². The molecule has 1 heterocycles. The second-order valence-corrected chi connectivity index (χ2v) is 5.03. The van der Waals surface area contributed by atoms with Crippen molar-refractivity contribution >= 4 is 15.9 Å². The number of rotatable bonds is 2. The highest BCUT2D eigenvalue weighted by atomic mass is 79.9. The van der Waals surface area contributed by atoms with Crippen LogP contribution in [0, 0.1) is 6.92 Å². The Kier molecular flexibility index (Phi) is 3.10. The molecule has 0 N–H and O–H groups in total. The number of aromatic nitrogens is 3. The number of aryl methyl sites for hydroxylation is 1. The highest BCUT2D eigenvalue weighted by Gasteiger charge is 2.12. The summed E-state index contributed by atoms with van der Waals surface area (Å²) in [7, 11) is 0. The van der Waals surface area contributed by atoms with Gasteiger partial charge in [0.2, 0.25) is 0 Å². The molecular weight excluding hydrogens is 266 g/mol. The number of hydrogen-bond donors (Lipinski definition) is 0. The molecule has 2 aromatic rings. The maximum atomic E-state index is 4.20. The van der Waals surface area contributed by atoms with Gasteiger partial charge in [0, 0.05) is 16.1 Å². The second-order valence-electron chi connectivity index (χ2n) is 4.11. The fourth-order valence-electron chi connectivity index (χ4n) is 1.65. The topological polar surface area (TPSA) is 30.7 Å². The van der Waals surface area contributed by atoms with Gasteiger partial charge in [-0.25, -0.2) is 0 Å². The molecule has 0 bridgehead atoms. The van der Waals surface area contributed by atoms with E-state index in [0.717, 1.165) is 15.9 Å². The summed E-state index contributed by atoms with van der Waals surface area (Å²) in [4.78, 5) is 0. The molecule has 0 unspecified atom stereocenters. The van der Waals surface area contributed by atoms with Crippen molar-refractivity contribution in [1.82, 2.24) is 14.8 Å². The number of nitrogens with zero attached hydrogens (tertiary/aromatic N) is 3. The van der Waals surface area contributed by atoms with Gasteiger partial charge in [-0.2, -0.15) is 0 Å². The van der Waals surface area contributed by atoms with Crippen LogP contribution >= 0.6 is 15.9 Å². The van der Waals surface area contributed by atoms with Crippen molar-refractivity contribution in [2.24, 2.45) is 0 Å². The fraction of sp³-hybridized carbons (Fsp3) is 0.333. The predicted molar refractivity (Wildman–Crippen MR) is 68.3 cm³/mol. The van der Waals surface area contributed by atoms with Gasteiger partial charge in [0.25, 0.3) is 0 Å². The summed E-state index contributed by atoms with van der Waals surface area (Å²) >= 11 is 3.49. The molecule has 0 saturated carbocycles. The molecule has 0 saturated heterocycles. The lowest BCUT2D eigenvalue weighted by atomic mass is 10.1. The molecule has 16 heavy (non-hydrogen) atoms. The van der Waals surface area contributed by atoms with Gasteiger partial charge in [0.15, 0.2) is 5.82 Å². The van der Waals surface area contributed by atoms with Crippen LogP contribution in [0.3, 0.4) is 0 Å². The molecule has 84 valence electrons. The van der Waals surface area contributed by atoms with E-state index in [1.54, 1.807) is 6.33 Å². The Labute approximate surface area is 104 Å². The minimum absolute atomic E-state index is 0.364. The molecule has 0 atom stereocenters. The summed E-state index contributed by atoms with van der Waals surface area (Å²) in [5, 5.41) is 8.19. The Bertz CT molecular complexity index is 503. The highest BCUT2D eigenvalue weighted by molar-refractivity contribution is 9.10. The first-order chi connectivity index (χ1) is 7.59. The SMILES string of the molecule is Cc1ccc(Br)cc1-c1nncn1C(C)C. The van der Waals surface area contributed by atoms with E-state index < -0.39 is 0 Å². The molecule has 0 amide bonds. The van der Waals surface area contributed by atoms with Crippen LogP contribution in [0.5, 0.6) is 0 Å². The van der Waals surface area contributed by atoms with E-state index in [2.05, 4.69) is 63.6 Å². The lowest BCUT2D eigenvalue weighted by Gasteiger charge is -2.11. The minimum Gasteiger partial charge on any atom is -0.311 e. The van der Waals surface area contributed by atoms with E-state index in [-0.39, 0.29) is 0 Å². The third-order valence-electron chi connectivity index (χ3n) is 2.57. The summed E-state index contributed by atoms with van der Waals surface area (Å²) in [5.41, 5.74) is 2.33. The first-order valence-corrected chi connectivity index (χ1v) is 6.05. The van der Waals surface area contributed by atoms with E-state index in [1.807, 2.05) is 6.07 Å². The van der Waals surface area contributed by atoms with Gasteiger partial charge in [-0.15, -0.1) is 10.2 Å². The Morgan fingerprint density at radius 1 is 1.31 bits per heavy atom. The predicted octanol–water partition coefficient (Wildman–Crippen LogP) is 3.60. The van der Waals surface area contributed by atoms with Gasteiger partial charge in [0.1, 0.15) is 6.33 Å². The zero-order valence-electron chi connectivity index (χ0n) is 9.61. The summed E-state index contributed by atoms with van der Waals surface area (Å²) < 4.78 is 3.14. The first kappa shape index (κ1) is 11.3. The van der Waals surface area contributed by atoms with Crippen LogP contribution in [0.2, 0.25) is 0 Å². The Balaban J connectivity index is 2.58. The lowest BCUT2D eigenvalue weighted by molar-refractivity contribution is 0.604. The molecule has 0 spiro atoms. The third kappa shape index (κ3) is 2.02. The van der Waals surface area contributed by atoms with Crippen molar-refractivity contribution in [3.8, 4) is 11.4 Å². The van der Waals surface area contributed by atoms with E-state index in [0.29, 0.717) is 6.04 Å². The smallest absolute Gasteiger partial charge is 0.164 e. The van der Waals surface area contributed by atoms with Crippen molar-refractivity contribution in [2.45, 2.75) is 26.8 Å². The van der Waals surface area contributed by atoms with E-state index >= 15 is 0 Å². The van der Waals surface area contributed by atoms with Crippen LogP contribution in [-0.2, 0) is 0 Å². The molecule has 0 radical (unpaired) electrons. The average molecular weight is 280 g/mol. The molecule has 1 aromatic heterocycles. The van der Waals surface area contributed by atoms with Crippen LogP contribution in [0.1, 0.15) is 25.5 Å².